The molecule has 1 aromatic carbocycles. The van der Waals surface area contributed by atoms with Crippen molar-refractivity contribution in [1.82, 2.24) is 29.9 Å². The lowest BCUT2D eigenvalue weighted by Gasteiger charge is -2.40. The second-order valence-electron chi connectivity index (χ2n) is 7.64. The Bertz CT molecular complexity index is 866. The van der Waals surface area contributed by atoms with Crippen LogP contribution >= 0.6 is 24.0 Å². The monoisotopic (exact) mass is 561 g/mol. The molecular weight excluding hydrogens is 527 g/mol. The third-order valence-corrected chi connectivity index (χ3v) is 5.71. The number of benzene rings is 1. The smallest absolute Gasteiger partial charge is 0.194 e. The van der Waals surface area contributed by atoms with E-state index in [9.17, 15) is 8.78 Å². The van der Waals surface area contributed by atoms with Crippen LogP contribution in [0.15, 0.2) is 29.5 Å². The first kappa shape index (κ1) is 26.4. The van der Waals surface area contributed by atoms with Crippen LogP contribution in [0.5, 0.6) is 0 Å². The van der Waals surface area contributed by atoms with E-state index in [0.29, 0.717) is 12.1 Å². The van der Waals surface area contributed by atoms with Gasteiger partial charge in [0.1, 0.15) is 23.8 Å². The summed E-state index contributed by atoms with van der Waals surface area (Å²) in [6.45, 7) is 11.6. The summed E-state index contributed by atoms with van der Waals surface area (Å²) in [7, 11) is 0. The molecule has 1 saturated heterocycles. The van der Waals surface area contributed by atoms with E-state index >= 15 is 0 Å². The van der Waals surface area contributed by atoms with Crippen LogP contribution in [-0.4, -0.2) is 69.8 Å². The predicted molar refractivity (Wildman–Crippen MR) is 133 cm³/mol. The first-order valence-corrected chi connectivity index (χ1v) is 11.2. The van der Waals surface area contributed by atoms with Gasteiger partial charge in [0.25, 0.3) is 0 Å². The van der Waals surface area contributed by atoms with Gasteiger partial charge in [0.15, 0.2) is 5.96 Å². The zero-order valence-corrected chi connectivity index (χ0v) is 21.4. The Morgan fingerprint density at radius 2 is 1.91 bits per heavy atom. The molecule has 3 rings (SSSR count). The maximum atomic E-state index is 14.3. The number of halogens is 3. The molecule has 2 heterocycles. The van der Waals surface area contributed by atoms with Crippen molar-refractivity contribution in [2.24, 2.45) is 4.99 Å². The minimum Gasteiger partial charge on any atom is -0.357 e. The number of nitrogens with one attached hydrogen (secondary N) is 1. The Morgan fingerprint density at radius 1 is 1.16 bits per heavy atom. The highest BCUT2D eigenvalue weighted by Crippen LogP contribution is 2.28. The topological polar surface area (TPSA) is 61.6 Å². The zero-order chi connectivity index (χ0) is 22.2. The standard InChI is InChI=1S/C22H33F2N7.HI/c1-4-20(18-8-7-17(23)15-19(18)24)29-11-13-30(14-12-29)22(25-6-3)26-9-10-31-16-27-28-21(31)5-2;/h7-8,15-16,20H,4-6,9-14H2,1-3H3,(H,25,26);1H. The Morgan fingerprint density at radius 3 is 2.53 bits per heavy atom. The van der Waals surface area contributed by atoms with Crippen molar-refractivity contribution < 1.29 is 8.78 Å². The summed E-state index contributed by atoms with van der Waals surface area (Å²) in [6.07, 6.45) is 3.37. The summed E-state index contributed by atoms with van der Waals surface area (Å²) in [6, 6.07) is 3.84. The van der Waals surface area contributed by atoms with Gasteiger partial charge >= 0.3 is 0 Å². The van der Waals surface area contributed by atoms with Crippen LogP contribution < -0.4 is 5.32 Å². The lowest BCUT2D eigenvalue weighted by atomic mass is 10.0. The van der Waals surface area contributed by atoms with Crippen LogP contribution in [0.1, 0.15) is 44.6 Å². The molecule has 1 atom stereocenters. The quantitative estimate of drug-likeness (QED) is 0.304. The van der Waals surface area contributed by atoms with Gasteiger partial charge in [0.05, 0.1) is 6.54 Å². The summed E-state index contributed by atoms with van der Waals surface area (Å²) in [4.78, 5) is 9.32. The Balaban J connectivity index is 0.00000363. The Hall–Kier alpha value is -1.82. The predicted octanol–water partition coefficient (Wildman–Crippen LogP) is 3.47. The number of hydrogen-bond acceptors (Lipinski definition) is 4. The highest BCUT2D eigenvalue weighted by atomic mass is 127. The van der Waals surface area contributed by atoms with Gasteiger partial charge in [0, 0.05) is 63.4 Å². The summed E-state index contributed by atoms with van der Waals surface area (Å²) in [5.74, 6) is 0.858. The fourth-order valence-corrected chi connectivity index (χ4v) is 4.12. The molecule has 0 bridgehead atoms. The van der Waals surface area contributed by atoms with Gasteiger partial charge in [-0.15, -0.1) is 34.2 Å². The van der Waals surface area contributed by atoms with Crippen molar-refractivity contribution in [2.75, 3.05) is 39.3 Å². The van der Waals surface area contributed by atoms with Gasteiger partial charge < -0.3 is 14.8 Å². The number of aliphatic imine (C=N–C) groups is 1. The minimum atomic E-state index is -0.537. The molecule has 1 aliphatic heterocycles. The Labute approximate surface area is 206 Å². The molecule has 10 heteroatoms. The van der Waals surface area contributed by atoms with E-state index in [0.717, 1.165) is 70.0 Å². The first-order valence-electron chi connectivity index (χ1n) is 11.2. The van der Waals surface area contributed by atoms with Crippen LogP contribution in [0.2, 0.25) is 0 Å². The molecule has 1 N–H and O–H groups in total. The number of guanidine groups is 1. The second kappa shape index (κ2) is 13.0. The van der Waals surface area contributed by atoms with Crippen LogP contribution in [0, 0.1) is 11.6 Å². The number of rotatable bonds is 8. The van der Waals surface area contributed by atoms with E-state index in [4.69, 9.17) is 4.99 Å². The third-order valence-electron chi connectivity index (χ3n) is 5.71. The average molecular weight is 561 g/mol. The van der Waals surface area contributed by atoms with Gasteiger partial charge in [0.2, 0.25) is 0 Å². The number of piperazine rings is 1. The number of hydrogen-bond donors (Lipinski definition) is 1. The van der Waals surface area contributed by atoms with Crippen LogP contribution in [0.4, 0.5) is 8.78 Å². The minimum absolute atomic E-state index is 0. The van der Waals surface area contributed by atoms with E-state index in [1.54, 1.807) is 12.4 Å². The van der Waals surface area contributed by atoms with Gasteiger partial charge in [-0.3, -0.25) is 9.89 Å². The molecule has 32 heavy (non-hydrogen) atoms. The SMILES string of the molecule is CCNC(=NCCn1cnnc1CC)N1CCN(C(CC)c2ccc(F)cc2F)CC1.I. The molecular formula is C22H34F2IN7. The van der Waals surface area contributed by atoms with E-state index in [1.165, 1.54) is 6.07 Å². The van der Waals surface area contributed by atoms with Gasteiger partial charge in [-0.05, 0) is 19.4 Å². The number of nitrogens with zero attached hydrogens (tertiary/aromatic N) is 6. The average Bonchev–Trinajstić information content (AvgIpc) is 3.23. The molecule has 0 saturated carbocycles. The van der Waals surface area contributed by atoms with Crippen molar-refractivity contribution >= 4 is 29.9 Å². The maximum Gasteiger partial charge on any atom is 0.194 e. The summed E-state index contributed by atoms with van der Waals surface area (Å²) < 4.78 is 29.7. The van der Waals surface area contributed by atoms with Crippen LogP contribution in [-0.2, 0) is 13.0 Å². The van der Waals surface area contributed by atoms with E-state index < -0.39 is 11.6 Å². The van der Waals surface area contributed by atoms with Crippen molar-refractivity contribution in [3.63, 3.8) is 0 Å². The fourth-order valence-electron chi connectivity index (χ4n) is 4.12. The van der Waals surface area contributed by atoms with Crippen molar-refractivity contribution in [1.29, 1.82) is 0 Å². The normalized spacial score (nSPS) is 16.0. The van der Waals surface area contributed by atoms with Crippen molar-refractivity contribution in [3.05, 3.63) is 47.5 Å². The number of aromatic nitrogens is 3. The molecule has 178 valence electrons. The van der Waals surface area contributed by atoms with Crippen molar-refractivity contribution in [3.8, 4) is 0 Å². The molecule has 1 unspecified atom stereocenters. The molecule has 0 amide bonds. The number of aryl methyl sites for hydroxylation is 1. The van der Waals surface area contributed by atoms with Gasteiger partial charge in [-0.25, -0.2) is 8.78 Å². The summed E-state index contributed by atoms with van der Waals surface area (Å²) >= 11 is 0. The van der Waals surface area contributed by atoms with Crippen molar-refractivity contribution in [2.45, 2.75) is 46.2 Å². The maximum absolute atomic E-state index is 14.3. The van der Waals surface area contributed by atoms with E-state index in [1.807, 2.05) is 11.5 Å². The summed E-state index contributed by atoms with van der Waals surface area (Å²) in [5.41, 5.74) is 0.568. The Kier molecular flexibility index (Phi) is 10.8. The third kappa shape index (κ3) is 6.60. The highest BCUT2D eigenvalue weighted by Gasteiger charge is 2.27. The molecule has 7 nitrogen and oxygen atoms in total. The summed E-state index contributed by atoms with van der Waals surface area (Å²) in [5, 5.41) is 11.5. The molecule has 0 radical (unpaired) electrons. The van der Waals surface area contributed by atoms with E-state index in [-0.39, 0.29) is 30.0 Å². The van der Waals surface area contributed by atoms with Gasteiger partial charge in [-0.1, -0.05) is 19.9 Å². The lowest BCUT2D eigenvalue weighted by molar-refractivity contribution is 0.124. The molecule has 1 fully saturated rings. The van der Waals surface area contributed by atoms with Crippen LogP contribution in [0.25, 0.3) is 0 Å². The molecule has 1 aromatic heterocycles. The molecule has 2 aromatic rings. The van der Waals surface area contributed by atoms with Gasteiger partial charge in [-0.2, -0.15) is 0 Å². The molecule has 0 aliphatic carbocycles. The zero-order valence-electron chi connectivity index (χ0n) is 19.1. The van der Waals surface area contributed by atoms with E-state index in [2.05, 4.69) is 39.2 Å². The first-order chi connectivity index (χ1) is 15.1. The lowest BCUT2D eigenvalue weighted by Crippen LogP contribution is -2.53. The highest BCUT2D eigenvalue weighted by molar-refractivity contribution is 14.0. The van der Waals surface area contributed by atoms with Crippen LogP contribution in [0.3, 0.4) is 0 Å². The molecule has 0 spiro atoms. The fraction of sp³-hybridized carbons (Fsp3) is 0.591. The largest absolute Gasteiger partial charge is 0.357 e. The molecule has 1 aliphatic rings. The second-order valence-corrected chi connectivity index (χ2v) is 7.64.